The Labute approximate surface area is 161 Å². The van der Waals surface area contributed by atoms with E-state index < -0.39 is 0 Å². The Balaban J connectivity index is 3.85. The lowest BCUT2D eigenvalue weighted by Gasteiger charge is -2.21. The zero-order valence-corrected chi connectivity index (χ0v) is 18.5. The van der Waals surface area contributed by atoms with Gasteiger partial charge in [-0.15, -0.1) is 0 Å². The molecule has 2 atom stereocenters. The van der Waals surface area contributed by atoms with E-state index >= 15 is 0 Å². The van der Waals surface area contributed by atoms with E-state index in [1.165, 1.54) is 116 Å². The van der Waals surface area contributed by atoms with Crippen LogP contribution in [0.4, 0.5) is 0 Å². The van der Waals surface area contributed by atoms with Crippen LogP contribution >= 0.6 is 0 Å². The molecule has 0 N–H and O–H groups in total. The number of rotatable bonds is 20. The van der Waals surface area contributed by atoms with Gasteiger partial charge in [-0.2, -0.15) is 0 Å². The van der Waals surface area contributed by atoms with Gasteiger partial charge in [-0.25, -0.2) is 0 Å². The molecule has 0 aromatic heterocycles. The molecule has 0 saturated heterocycles. The van der Waals surface area contributed by atoms with Gasteiger partial charge in [-0.05, 0) is 18.3 Å². The molecule has 0 aliphatic heterocycles. The van der Waals surface area contributed by atoms with Gasteiger partial charge < -0.3 is 0 Å². The molecule has 0 aliphatic rings. The first kappa shape index (κ1) is 25.0. The topological polar surface area (TPSA) is 0 Å². The van der Waals surface area contributed by atoms with Gasteiger partial charge in [-0.1, -0.05) is 143 Å². The predicted octanol–water partition coefficient (Wildman–Crippen LogP) is 9.52. The summed E-state index contributed by atoms with van der Waals surface area (Å²) in [5.41, 5.74) is 0. The Bertz CT molecular complexity index is 232. The van der Waals surface area contributed by atoms with Crippen LogP contribution in [0, 0.1) is 18.3 Å². The molecule has 1 radical (unpaired) electrons. The zero-order valence-electron chi connectivity index (χ0n) is 18.5. The van der Waals surface area contributed by atoms with Crippen molar-refractivity contribution >= 4 is 0 Å². The molecule has 0 aromatic rings. The van der Waals surface area contributed by atoms with Crippen molar-refractivity contribution in [3.05, 3.63) is 6.42 Å². The third kappa shape index (κ3) is 18.6. The molecule has 151 valence electrons. The molecule has 0 aromatic carbocycles. The SMILES string of the molecule is CCCCCCCCC(C)[CH]C(CCCCC)CCCCCCCC. The van der Waals surface area contributed by atoms with E-state index in [2.05, 4.69) is 34.1 Å². The molecule has 25 heavy (non-hydrogen) atoms. The van der Waals surface area contributed by atoms with Crippen molar-refractivity contribution in [3.8, 4) is 0 Å². The van der Waals surface area contributed by atoms with Crippen molar-refractivity contribution in [2.75, 3.05) is 0 Å². The summed E-state index contributed by atoms with van der Waals surface area (Å²) < 4.78 is 0. The standard InChI is InChI=1S/C25H51/c1-5-8-11-13-15-18-20-24(4)23-25(21-17-10-7-3)22-19-16-14-12-9-6-2/h23-25H,5-22H2,1-4H3. The highest BCUT2D eigenvalue weighted by atomic mass is 14.2. The third-order valence-electron chi connectivity index (χ3n) is 5.72. The van der Waals surface area contributed by atoms with E-state index in [9.17, 15) is 0 Å². The van der Waals surface area contributed by atoms with Crippen LogP contribution in [0.25, 0.3) is 0 Å². The highest BCUT2D eigenvalue weighted by Gasteiger charge is 2.13. The highest BCUT2D eigenvalue weighted by molar-refractivity contribution is 4.81. The van der Waals surface area contributed by atoms with Gasteiger partial charge in [0.1, 0.15) is 0 Å². The fourth-order valence-electron chi connectivity index (χ4n) is 3.99. The molecular weight excluding hydrogens is 300 g/mol. The maximum Gasteiger partial charge on any atom is -0.0326 e. The largest absolute Gasteiger partial charge is 0.0654 e. The molecule has 0 amide bonds. The molecule has 0 aliphatic carbocycles. The molecule has 0 heteroatoms. The Kier molecular flexibility index (Phi) is 20.3. The van der Waals surface area contributed by atoms with E-state index in [0.717, 1.165) is 11.8 Å². The van der Waals surface area contributed by atoms with Gasteiger partial charge in [0.15, 0.2) is 0 Å². The molecule has 0 spiro atoms. The van der Waals surface area contributed by atoms with Gasteiger partial charge in [0.2, 0.25) is 0 Å². The summed E-state index contributed by atoms with van der Waals surface area (Å²) in [5, 5.41) is 0. The first-order valence-corrected chi connectivity index (χ1v) is 12.1. The average molecular weight is 352 g/mol. The van der Waals surface area contributed by atoms with Crippen LogP contribution in [0.5, 0.6) is 0 Å². The first-order chi connectivity index (χ1) is 12.2. The van der Waals surface area contributed by atoms with Gasteiger partial charge in [-0.3, -0.25) is 0 Å². The molecule has 0 saturated carbocycles. The summed E-state index contributed by atoms with van der Waals surface area (Å²) in [7, 11) is 0. The van der Waals surface area contributed by atoms with Crippen LogP contribution in [0.3, 0.4) is 0 Å². The van der Waals surface area contributed by atoms with Gasteiger partial charge in [0, 0.05) is 0 Å². The molecule has 0 fully saturated rings. The monoisotopic (exact) mass is 351 g/mol. The fraction of sp³-hybridized carbons (Fsp3) is 0.960. The van der Waals surface area contributed by atoms with Crippen molar-refractivity contribution in [1.29, 1.82) is 0 Å². The van der Waals surface area contributed by atoms with Crippen molar-refractivity contribution in [1.82, 2.24) is 0 Å². The Hall–Kier alpha value is 0. The Morgan fingerprint density at radius 3 is 1.36 bits per heavy atom. The van der Waals surface area contributed by atoms with Crippen LogP contribution < -0.4 is 0 Å². The maximum atomic E-state index is 2.74. The van der Waals surface area contributed by atoms with E-state index in [1.54, 1.807) is 0 Å². The second-order valence-corrected chi connectivity index (χ2v) is 8.54. The Morgan fingerprint density at radius 2 is 0.840 bits per heavy atom. The Morgan fingerprint density at radius 1 is 0.480 bits per heavy atom. The van der Waals surface area contributed by atoms with Gasteiger partial charge in [0.25, 0.3) is 0 Å². The van der Waals surface area contributed by atoms with E-state index in [4.69, 9.17) is 0 Å². The lowest BCUT2D eigenvalue weighted by atomic mass is 9.85. The maximum absolute atomic E-state index is 2.74. The summed E-state index contributed by atoms with van der Waals surface area (Å²) >= 11 is 0. The normalized spacial score (nSPS) is 13.9. The summed E-state index contributed by atoms with van der Waals surface area (Å²) in [6.45, 7) is 9.41. The van der Waals surface area contributed by atoms with Gasteiger partial charge in [0.05, 0.1) is 0 Å². The lowest BCUT2D eigenvalue weighted by molar-refractivity contribution is 0.398. The smallest absolute Gasteiger partial charge is 0.0326 e. The molecule has 2 unspecified atom stereocenters. The zero-order chi connectivity index (χ0) is 18.6. The molecule has 0 nitrogen and oxygen atoms in total. The number of unbranched alkanes of at least 4 members (excludes halogenated alkanes) is 12. The second-order valence-electron chi connectivity index (χ2n) is 8.54. The summed E-state index contributed by atoms with van der Waals surface area (Å²) in [4.78, 5) is 0. The summed E-state index contributed by atoms with van der Waals surface area (Å²) in [6, 6.07) is 0. The fourth-order valence-corrected chi connectivity index (χ4v) is 3.99. The molecule has 0 rings (SSSR count). The predicted molar refractivity (Wildman–Crippen MR) is 117 cm³/mol. The van der Waals surface area contributed by atoms with Gasteiger partial charge >= 0.3 is 0 Å². The third-order valence-corrected chi connectivity index (χ3v) is 5.72. The van der Waals surface area contributed by atoms with Crippen LogP contribution in [0.1, 0.15) is 143 Å². The van der Waals surface area contributed by atoms with Crippen LogP contribution in [-0.4, -0.2) is 0 Å². The first-order valence-electron chi connectivity index (χ1n) is 12.1. The van der Waals surface area contributed by atoms with Crippen LogP contribution in [0.15, 0.2) is 0 Å². The van der Waals surface area contributed by atoms with E-state index in [0.29, 0.717) is 0 Å². The second kappa shape index (κ2) is 20.3. The molecule has 0 bridgehead atoms. The summed E-state index contributed by atoms with van der Waals surface area (Å²) in [6.07, 6.45) is 28.5. The quantitative estimate of drug-likeness (QED) is 0.191. The van der Waals surface area contributed by atoms with Crippen molar-refractivity contribution in [3.63, 3.8) is 0 Å². The number of hydrogen-bond acceptors (Lipinski definition) is 0. The number of hydrogen-bond donors (Lipinski definition) is 0. The van der Waals surface area contributed by atoms with E-state index in [1.807, 2.05) is 0 Å². The average Bonchev–Trinajstić information content (AvgIpc) is 2.61. The lowest BCUT2D eigenvalue weighted by Crippen LogP contribution is -2.08. The highest BCUT2D eigenvalue weighted by Crippen LogP contribution is 2.26. The minimum absolute atomic E-state index is 0.831. The minimum Gasteiger partial charge on any atom is -0.0654 e. The molecule has 0 heterocycles. The van der Waals surface area contributed by atoms with Crippen molar-refractivity contribution in [2.24, 2.45) is 11.8 Å². The van der Waals surface area contributed by atoms with Crippen LogP contribution in [-0.2, 0) is 0 Å². The van der Waals surface area contributed by atoms with E-state index in [-0.39, 0.29) is 0 Å². The van der Waals surface area contributed by atoms with Crippen molar-refractivity contribution < 1.29 is 0 Å². The van der Waals surface area contributed by atoms with Crippen LogP contribution in [0.2, 0.25) is 0 Å². The molecular formula is C25H51. The minimum atomic E-state index is 0.831. The van der Waals surface area contributed by atoms with Crippen molar-refractivity contribution in [2.45, 2.75) is 143 Å². The summed E-state index contributed by atoms with van der Waals surface area (Å²) in [5.74, 6) is 1.73.